The van der Waals surface area contributed by atoms with E-state index in [4.69, 9.17) is 0 Å². The molecule has 0 saturated carbocycles. The van der Waals surface area contributed by atoms with Gasteiger partial charge in [-0.2, -0.15) is 12.6 Å². The van der Waals surface area contributed by atoms with Crippen LogP contribution in [0.2, 0.25) is 0 Å². The van der Waals surface area contributed by atoms with Crippen LogP contribution in [-0.2, 0) is 0 Å². The maximum absolute atomic E-state index is 10.5. The summed E-state index contributed by atoms with van der Waals surface area (Å²) in [6.07, 6.45) is 4.84. The summed E-state index contributed by atoms with van der Waals surface area (Å²) < 4.78 is 0. The molecule has 0 radical (unpaired) electrons. The Morgan fingerprint density at radius 3 is 2.77 bits per heavy atom. The van der Waals surface area contributed by atoms with Gasteiger partial charge in [0.15, 0.2) is 0 Å². The minimum atomic E-state index is 0.731. The van der Waals surface area contributed by atoms with Gasteiger partial charge < -0.3 is 0 Å². The number of hydrogen-bond acceptors (Lipinski definition) is 2. The van der Waals surface area contributed by atoms with Crippen LogP contribution in [0, 0.1) is 6.92 Å². The zero-order chi connectivity index (χ0) is 9.68. The van der Waals surface area contributed by atoms with Crippen molar-refractivity contribution in [3.05, 3.63) is 41.0 Å². The van der Waals surface area contributed by atoms with E-state index in [-0.39, 0.29) is 0 Å². The highest BCUT2D eigenvalue weighted by molar-refractivity contribution is 7.80. The van der Waals surface area contributed by atoms with Gasteiger partial charge in [-0.15, -0.1) is 0 Å². The Kier molecular flexibility index (Phi) is 3.77. The summed E-state index contributed by atoms with van der Waals surface area (Å²) in [5.41, 5.74) is 2.87. The van der Waals surface area contributed by atoms with Gasteiger partial charge in [-0.05, 0) is 18.1 Å². The van der Waals surface area contributed by atoms with Gasteiger partial charge in [0.25, 0.3) is 0 Å². The SMILES string of the molecule is Cc1cc(C=CCS)ccc1C=O. The first-order valence-corrected chi connectivity index (χ1v) is 4.74. The van der Waals surface area contributed by atoms with Gasteiger partial charge in [-0.25, -0.2) is 0 Å². The summed E-state index contributed by atoms with van der Waals surface area (Å²) in [4.78, 5) is 10.5. The monoisotopic (exact) mass is 192 g/mol. The van der Waals surface area contributed by atoms with Gasteiger partial charge in [-0.3, -0.25) is 4.79 Å². The molecule has 1 aromatic rings. The molecule has 0 fully saturated rings. The summed E-state index contributed by atoms with van der Waals surface area (Å²) in [6, 6.07) is 5.75. The van der Waals surface area contributed by atoms with E-state index in [0.717, 1.165) is 28.7 Å². The second kappa shape index (κ2) is 4.87. The molecule has 1 aromatic carbocycles. The third-order valence-corrected chi connectivity index (χ3v) is 2.05. The Morgan fingerprint density at radius 1 is 1.46 bits per heavy atom. The highest BCUT2D eigenvalue weighted by atomic mass is 32.1. The molecule has 0 N–H and O–H groups in total. The van der Waals surface area contributed by atoms with Crippen LogP contribution in [0.3, 0.4) is 0 Å². The molecule has 0 heterocycles. The van der Waals surface area contributed by atoms with Crippen molar-refractivity contribution in [1.29, 1.82) is 0 Å². The van der Waals surface area contributed by atoms with Crippen molar-refractivity contribution in [1.82, 2.24) is 0 Å². The summed E-state index contributed by atoms with van der Waals surface area (Å²) >= 11 is 4.07. The van der Waals surface area contributed by atoms with Crippen molar-refractivity contribution in [2.45, 2.75) is 6.92 Å². The third kappa shape index (κ3) is 2.74. The molecule has 0 spiro atoms. The zero-order valence-corrected chi connectivity index (χ0v) is 8.42. The van der Waals surface area contributed by atoms with Crippen LogP contribution in [0.5, 0.6) is 0 Å². The Hall–Kier alpha value is -1.02. The normalized spacial score (nSPS) is 10.6. The molecule has 2 heteroatoms. The number of aldehydes is 1. The number of hydrogen-bond donors (Lipinski definition) is 1. The molecule has 13 heavy (non-hydrogen) atoms. The van der Waals surface area contributed by atoms with Crippen LogP contribution in [0.4, 0.5) is 0 Å². The molecule has 1 nitrogen and oxygen atoms in total. The molecular weight excluding hydrogens is 180 g/mol. The number of carbonyl (C=O) groups is 1. The minimum absolute atomic E-state index is 0.731. The fourth-order valence-corrected chi connectivity index (χ4v) is 1.23. The Balaban J connectivity index is 2.95. The molecule has 0 amide bonds. The standard InChI is InChI=1S/C11H12OS/c1-9-7-10(3-2-6-13)4-5-11(9)8-12/h2-5,7-8,13H,6H2,1H3. The van der Waals surface area contributed by atoms with Crippen molar-refractivity contribution in [2.24, 2.45) is 0 Å². The largest absolute Gasteiger partial charge is 0.298 e. The Labute approximate surface area is 83.9 Å². The summed E-state index contributed by atoms with van der Waals surface area (Å²) in [5, 5.41) is 0. The van der Waals surface area contributed by atoms with Crippen molar-refractivity contribution in [3.63, 3.8) is 0 Å². The van der Waals surface area contributed by atoms with Crippen molar-refractivity contribution in [3.8, 4) is 0 Å². The number of rotatable bonds is 3. The van der Waals surface area contributed by atoms with Gasteiger partial charge in [0.05, 0.1) is 0 Å². The predicted octanol–water partition coefficient (Wildman–Crippen LogP) is 2.75. The van der Waals surface area contributed by atoms with E-state index in [1.54, 1.807) is 0 Å². The van der Waals surface area contributed by atoms with Crippen molar-refractivity contribution in [2.75, 3.05) is 5.75 Å². The molecule has 0 aliphatic heterocycles. The van der Waals surface area contributed by atoms with Gasteiger partial charge in [0.2, 0.25) is 0 Å². The molecule has 0 aliphatic rings. The van der Waals surface area contributed by atoms with Crippen LogP contribution in [0.1, 0.15) is 21.5 Å². The van der Waals surface area contributed by atoms with E-state index in [1.165, 1.54) is 0 Å². The van der Waals surface area contributed by atoms with Gasteiger partial charge in [-0.1, -0.05) is 30.4 Å². The van der Waals surface area contributed by atoms with Crippen LogP contribution < -0.4 is 0 Å². The number of benzene rings is 1. The van der Waals surface area contributed by atoms with Gasteiger partial charge in [0.1, 0.15) is 6.29 Å². The number of aryl methyl sites for hydroxylation is 1. The number of carbonyl (C=O) groups excluding carboxylic acids is 1. The third-order valence-electron chi connectivity index (χ3n) is 1.84. The topological polar surface area (TPSA) is 17.1 Å². The van der Waals surface area contributed by atoms with E-state index in [0.29, 0.717) is 0 Å². The zero-order valence-electron chi connectivity index (χ0n) is 7.53. The maximum Gasteiger partial charge on any atom is 0.150 e. The molecule has 0 unspecified atom stereocenters. The predicted molar refractivity (Wildman–Crippen MR) is 59.5 cm³/mol. The molecule has 0 saturated heterocycles. The molecule has 0 aromatic heterocycles. The lowest BCUT2D eigenvalue weighted by atomic mass is 10.1. The van der Waals surface area contributed by atoms with Crippen LogP contribution in [0.15, 0.2) is 24.3 Å². The quantitative estimate of drug-likeness (QED) is 0.575. The van der Waals surface area contributed by atoms with Crippen LogP contribution in [-0.4, -0.2) is 12.0 Å². The van der Waals surface area contributed by atoms with Crippen molar-refractivity contribution >= 4 is 25.0 Å². The smallest absolute Gasteiger partial charge is 0.150 e. The Bertz CT molecular complexity index is 329. The van der Waals surface area contributed by atoms with Crippen LogP contribution in [0.25, 0.3) is 6.08 Å². The molecule has 0 bridgehead atoms. The summed E-state index contributed by atoms with van der Waals surface area (Å²) in [6.45, 7) is 1.93. The molecule has 0 atom stereocenters. The van der Waals surface area contributed by atoms with E-state index in [1.807, 2.05) is 37.3 Å². The minimum Gasteiger partial charge on any atom is -0.298 e. The second-order valence-electron chi connectivity index (χ2n) is 2.82. The van der Waals surface area contributed by atoms with E-state index >= 15 is 0 Å². The first kappa shape index (κ1) is 10.1. The maximum atomic E-state index is 10.5. The highest BCUT2D eigenvalue weighted by Gasteiger charge is 1.95. The average Bonchev–Trinajstić information content (AvgIpc) is 2.15. The fourth-order valence-electron chi connectivity index (χ4n) is 1.12. The van der Waals surface area contributed by atoms with Gasteiger partial charge in [0, 0.05) is 11.3 Å². The van der Waals surface area contributed by atoms with E-state index < -0.39 is 0 Å². The first-order chi connectivity index (χ1) is 6.27. The second-order valence-corrected chi connectivity index (χ2v) is 3.18. The lowest BCUT2D eigenvalue weighted by Crippen LogP contribution is -1.86. The average molecular weight is 192 g/mol. The number of thiol groups is 1. The lowest BCUT2D eigenvalue weighted by Gasteiger charge is -1.99. The summed E-state index contributed by atoms with van der Waals surface area (Å²) in [5.74, 6) is 0.731. The molecule has 68 valence electrons. The van der Waals surface area contributed by atoms with Crippen molar-refractivity contribution < 1.29 is 4.79 Å². The summed E-state index contributed by atoms with van der Waals surface area (Å²) in [7, 11) is 0. The lowest BCUT2D eigenvalue weighted by molar-refractivity contribution is 0.112. The van der Waals surface area contributed by atoms with Gasteiger partial charge >= 0.3 is 0 Å². The Morgan fingerprint density at radius 2 is 2.23 bits per heavy atom. The molecule has 1 rings (SSSR count). The van der Waals surface area contributed by atoms with E-state index in [9.17, 15) is 4.79 Å². The highest BCUT2D eigenvalue weighted by Crippen LogP contribution is 2.10. The van der Waals surface area contributed by atoms with Crippen LogP contribution >= 0.6 is 12.6 Å². The van der Waals surface area contributed by atoms with E-state index in [2.05, 4.69) is 12.6 Å². The molecule has 0 aliphatic carbocycles. The fraction of sp³-hybridized carbons (Fsp3) is 0.182. The molecular formula is C11H12OS. The first-order valence-electron chi connectivity index (χ1n) is 4.11.